The van der Waals surface area contributed by atoms with Crippen molar-refractivity contribution in [2.45, 2.75) is 56.5 Å². The number of hydrogen-bond donors (Lipinski definition) is 2. The molecule has 1 aliphatic carbocycles. The lowest BCUT2D eigenvalue weighted by atomic mass is 9.89. The maximum Gasteiger partial charge on any atom is 0.393 e. The molecule has 2 aromatic rings. The quantitative estimate of drug-likeness (QED) is 0.837. The lowest BCUT2D eigenvalue weighted by Crippen LogP contribution is -2.55. The summed E-state index contributed by atoms with van der Waals surface area (Å²) in [5.74, 6) is -1.39. The Labute approximate surface area is 162 Å². The van der Waals surface area contributed by atoms with E-state index in [4.69, 9.17) is 0 Å². The minimum atomic E-state index is -4.24. The van der Waals surface area contributed by atoms with Crippen LogP contribution < -0.4 is 10.2 Å². The van der Waals surface area contributed by atoms with E-state index in [0.29, 0.717) is 36.1 Å². The number of para-hydroxylation sites is 1. The first kappa shape index (κ1) is 19.4. The summed E-state index contributed by atoms with van der Waals surface area (Å²) in [5, 5.41) is 13.1. The summed E-state index contributed by atoms with van der Waals surface area (Å²) in [6.07, 6.45) is 1.72. The number of aliphatic hydroxyl groups excluding tert-OH is 1. The molecule has 5 nitrogen and oxygen atoms in total. The first-order valence-corrected chi connectivity index (χ1v) is 9.85. The summed E-state index contributed by atoms with van der Waals surface area (Å²) in [6, 6.07) is 5.36. The number of fused-ring (bicyclic) bond motifs is 1. The fourth-order valence-electron chi connectivity index (χ4n) is 4.46. The molecule has 1 aliphatic heterocycles. The number of rotatable bonds is 3. The highest BCUT2D eigenvalue weighted by Gasteiger charge is 2.45. The molecule has 2 atom stereocenters. The molecule has 0 unspecified atom stereocenters. The number of nitrogens with zero attached hydrogens (tertiary/aromatic N) is 3. The van der Waals surface area contributed by atoms with Crippen molar-refractivity contribution < 1.29 is 18.3 Å². The zero-order valence-electron chi connectivity index (χ0n) is 15.6. The summed E-state index contributed by atoms with van der Waals surface area (Å²) in [5.41, 5.74) is 2.01. The molecule has 2 fully saturated rings. The van der Waals surface area contributed by atoms with E-state index in [1.54, 1.807) is 17.3 Å². The minimum Gasteiger partial charge on any atom is -0.393 e. The second-order valence-corrected chi connectivity index (χ2v) is 7.95. The maximum absolute atomic E-state index is 13.6. The second-order valence-electron chi connectivity index (χ2n) is 7.95. The van der Waals surface area contributed by atoms with Crippen LogP contribution in [0.4, 0.5) is 18.9 Å². The average molecular weight is 394 g/mol. The van der Waals surface area contributed by atoms with Crippen molar-refractivity contribution >= 4 is 16.7 Å². The summed E-state index contributed by atoms with van der Waals surface area (Å²) in [4.78, 5) is 10.4. The van der Waals surface area contributed by atoms with Crippen LogP contribution in [0.2, 0.25) is 0 Å². The summed E-state index contributed by atoms with van der Waals surface area (Å²) >= 11 is 0. The third kappa shape index (κ3) is 4.22. The van der Waals surface area contributed by atoms with Crippen LogP contribution in [0.5, 0.6) is 0 Å². The lowest BCUT2D eigenvalue weighted by Gasteiger charge is -2.42. The molecule has 0 bridgehead atoms. The van der Waals surface area contributed by atoms with Crippen molar-refractivity contribution in [1.29, 1.82) is 0 Å². The number of aromatic nitrogens is 2. The molecule has 8 heteroatoms. The number of piperidine rings is 1. The third-order valence-corrected chi connectivity index (χ3v) is 5.90. The standard InChI is InChI=1S/C20H25F3N4O/c21-20(22,23)13-10-15(26-14-4-6-16(28)7-5-14)12-27(11-13)18-3-1-2-17-19(18)25-9-8-24-17/h1-3,8-9,13-16,26,28H,4-7,10-12H2/t13-,14?,15-,16?/m0/s1. The molecule has 2 N–H and O–H groups in total. The van der Waals surface area contributed by atoms with E-state index in [1.807, 2.05) is 18.2 Å². The van der Waals surface area contributed by atoms with Crippen LogP contribution in [0, 0.1) is 5.92 Å². The van der Waals surface area contributed by atoms with Crippen LogP contribution >= 0.6 is 0 Å². The van der Waals surface area contributed by atoms with Gasteiger partial charge in [0.25, 0.3) is 0 Å². The SMILES string of the molecule is OC1CCC(N[C@H]2C[C@H](C(F)(F)F)CN(c3cccc4nccnc34)C2)CC1. The van der Waals surface area contributed by atoms with E-state index < -0.39 is 12.1 Å². The second kappa shape index (κ2) is 7.83. The van der Waals surface area contributed by atoms with E-state index in [2.05, 4.69) is 15.3 Å². The van der Waals surface area contributed by atoms with E-state index in [1.165, 1.54) is 0 Å². The number of anilines is 1. The molecule has 1 saturated carbocycles. The van der Waals surface area contributed by atoms with Gasteiger partial charge in [-0.2, -0.15) is 13.2 Å². The molecule has 2 aliphatic rings. The van der Waals surface area contributed by atoms with Gasteiger partial charge in [0.15, 0.2) is 0 Å². The molecule has 0 radical (unpaired) electrons. The summed E-state index contributed by atoms with van der Waals surface area (Å²) < 4.78 is 40.9. The van der Waals surface area contributed by atoms with E-state index in [9.17, 15) is 18.3 Å². The van der Waals surface area contributed by atoms with Gasteiger partial charge in [0.2, 0.25) is 0 Å². The Morgan fingerprint density at radius 2 is 1.75 bits per heavy atom. The van der Waals surface area contributed by atoms with E-state index in [0.717, 1.165) is 12.8 Å². The topological polar surface area (TPSA) is 61.3 Å². The predicted molar refractivity (Wildman–Crippen MR) is 101 cm³/mol. The van der Waals surface area contributed by atoms with E-state index in [-0.39, 0.29) is 31.2 Å². The molecule has 4 rings (SSSR count). The van der Waals surface area contributed by atoms with Gasteiger partial charge in [-0.3, -0.25) is 9.97 Å². The Hall–Kier alpha value is -1.93. The number of benzene rings is 1. The highest BCUT2D eigenvalue weighted by molar-refractivity contribution is 5.88. The van der Waals surface area contributed by atoms with Crippen molar-refractivity contribution in [3.63, 3.8) is 0 Å². The Morgan fingerprint density at radius 3 is 2.50 bits per heavy atom. The van der Waals surface area contributed by atoms with E-state index >= 15 is 0 Å². The molecule has 1 aromatic carbocycles. The number of aliphatic hydroxyl groups is 1. The molecule has 1 saturated heterocycles. The van der Waals surface area contributed by atoms with Gasteiger partial charge >= 0.3 is 6.18 Å². The molecule has 2 heterocycles. The van der Waals surface area contributed by atoms with Crippen LogP contribution in [0.3, 0.4) is 0 Å². The van der Waals surface area contributed by atoms with Gasteiger partial charge in [0, 0.05) is 37.6 Å². The minimum absolute atomic E-state index is 0.0687. The Kier molecular flexibility index (Phi) is 5.42. The van der Waals surface area contributed by atoms with Crippen LogP contribution in [0.1, 0.15) is 32.1 Å². The fraction of sp³-hybridized carbons (Fsp3) is 0.600. The largest absolute Gasteiger partial charge is 0.393 e. The maximum atomic E-state index is 13.6. The smallest absolute Gasteiger partial charge is 0.393 e. The Morgan fingerprint density at radius 1 is 1.00 bits per heavy atom. The zero-order valence-corrected chi connectivity index (χ0v) is 15.6. The number of halogens is 3. The van der Waals surface area contributed by atoms with Crippen molar-refractivity contribution in [3.8, 4) is 0 Å². The predicted octanol–water partition coefficient (Wildman–Crippen LogP) is 3.28. The van der Waals surface area contributed by atoms with Gasteiger partial charge in [0.05, 0.1) is 23.2 Å². The summed E-state index contributed by atoms with van der Waals surface area (Å²) in [6.45, 7) is 0.433. The number of hydrogen-bond acceptors (Lipinski definition) is 5. The fourth-order valence-corrected chi connectivity index (χ4v) is 4.46. The first-order valence-electron chi connectivity index (χ1n) is 9.85. The van der Waals surface area contributed by atoms with Gasteiger partial charge in [-0.15, -0.1) is 0 Å². The summed E-state index contributed by atoms with van der Waals surface area (Å²) in [7, 11) is 0. The highest BCUT2D eigenvalue weighted by Crippen LogP contribution is 2.36. The average Bonchev–Trinajstić information content (AvgIpc) is 2.68. The van der Waals surface area contributed by atoms with Crippen molar-refractivity contribution in [2.75, 3.05) is 18.0 Å². The Balaban J connectivity index is 1.57. The monoisotopic (exact) mass is 394 g/mol. The molecule has 152 valence electrons. The highest BCUT2D eigenvalue weighted by atomic mass is 19.4. The molecule has 0 spiro atoms. The van der Waals surface area contributed by atoms with Crippen molar-refractivity contribution in [2.24, 2.45) is 5.92 Å². The number of nitrogens with one attached hydrogen (secondary N) is 1. The van der Waals surface area contributed by atoms with Crippen LogP contribution in [-0.4, -0.2) is 52.5 Å². The van der Waals surface area contributed by atoms with Crippen molar-refractivity contribution in [1.82, 2.24) is 15.3 Å². The van der Waals surface area contributed by atoms with Gasteiger partial charge < -0.3 is 15.3 Å². The van der Waals surface area contributed by atoms with Gasteiger partial charge in [-0.25, -0.2) is 0 Å². The molecule has 28 heavy (non-hydrogen) atoms. The lowest BCUT2D eigenvalue weighted by molar-refractivity contribution is -0.177. The van der Waals surface area contributed by atoms with Gasteiger partial charge in [0.1, 0.15) is 5.52 Å². The van der Waals surface area contributed by atoms with Crippen LogP contribution in [0.15, 0.2) is 30.6 Å². The number of alkyl halides is 3. The normalized spacial score (nSPS) is 29.2. The Bertz CT molecular complexity index is 802. The van der Waals surface area contributed by atoms with Gasteiger partial charge in [-0.05, 0) is 44.2 Å². The molecule has 0 amide bonds. The zero-order chi connectivity index (χ0) is 19.7. The van der Waals surface area contributed by atoms with Crippen LogP contribution in [-0.2, 0) is 0 Å². The molecule has 1 aromatic heterocycles. The van der Waals surface area contributed by atoms with Crippen molar-refractivity contribution in [3.05, 3.63) is 30.6 Å². The molecular formula is C20H25F3N4O. The van der Waals surface area contributed by atoms with Gasteiger partial charge in [-0.1, -0.05) is 6.07 Å². The molecular weight excluding hydrogens is 369 g/mol. The first-order chi connectivity index (χ1) is 13.4. The third-order valence-electron chi connectivity index (χ3n) is 5.90. The van der Waals surface area contributed by atoms with Crippen LogP contribution in [0.25, 0.3) is 11.0 Å².